The molecule has 0 fully saturated rings. The lowest BCUT2D eigenvalue weighted by atomic mass is 9.84. The number of anilines is 1. The molecule has 136 valence electrons. The van der Waals surface area contributed by atoms with Gasteiger partial charge >= 0.3 is 0 Å². The second-order valence-corrected chi connectivity index (χ2v) is 7.08. The molecule has 0 radical (unpaired) electrons. The molecule has 24 heavy (non-hydrogen) atoms. The smallest absolute Gasteiger partial charge is 0.256 e. The number of hydrogen-bond acceptors (Lipinski definition) is 4. The summed E-state index contributed by atoms with van der Waals surface area (Å²) in [6.07, 6.45) is 3.91. The molecule has 1 N–H and O–H groups in total. The van der Waals surface area contributed by atoms with Crippen molar-refractivity contribution in [2.75, 3.05) is 19.0 Å². The van der Waals surface area contributed by atoms with Gasteiger partial charge in [0.25, 0.3) is 5.91 Å². The summed E-state index contributed by atoms with van der Waals surface area (Å²) in [6, 6.07) is 3.58. The van der Waals surface area contributed by atoms with Gasteiger partial charge in [0.1, 0.15) is 5.60 Å². The predicted molar refractivity (Wildman–Crippen MR) is 97.3 cm³/mol. The van der Waals surface area contributed by atoms with Gasteiger partial charge in [-0.05, 0) is 37.2 Å². The third kappa shape index (κ3) is 6.11. The molecule has 0 bridgehead atoms. The molecule has 1 aromatic rings. The van der Waals surface area contributed by atoms with E-state index >= 15 is 0 Å². The van der Waals surface area contributed by atoms with E-state index in [9.17, 15) is 4.79 Å². The number of hydrogen-bond donors (Lipinski definition) is 1. The molecule has 0 aromatic carbocycles. The van der Waals surface area contributed by atoms with Crippen molar-refractivity contribution < 1.29 is 14.3 Å². The van der Waals surface area contributed by atoms with Gasteiger partial charge in [0.05, 0.1) is 18.5 Å². The third-order valence-electron chi connectivity index (χ3n) is 3.73. The van der Waals surface area contributed by atoms with Crippen LogP contribution in [0.1, 0.15) is 53.9 Å². The quantitative estimate of drug-likeness (QED) is 0.692. The second kappa shape index (κ2) is 9.62. The predicted octanol–water partition coefficient (Wildman–Crippen LogP) is 4.29. The minimum atomic E-state index is -0.820. The second-order valence-electron chi connectivity index (χ2n) is 7.08. The van der Waals surface area contributed by atoms with Crippen LogP contribution in [0.25, 0.3) is 0 Å². The van der Waals surface area contributed by atoms with Crippen LogP contribution in [-0.2, 0) is 9.53 Å². The molecule has 0 aliphatic heterocycles. The molecule has 1 amide bonds. The van der Waals surface area contributed by atoms with E-state index in [-0.39, 0.29) is 5.91 Å². The molecule has 0 saturated carbocycles. The van der Waals surface area contributed by atoms with Gasteiger partial charge in [0, 0.05) is 13.2 Å². The number of pyridine rings is 1. The summed E-state index contributed by atoms with van der Waals surface area (Å²) in [4.78, 5) is 17.1. The molecule has 0 aliphatic rings. The van der Waals surface area contributed by atoms with Crippen molar-refractivity contribution in [2.45, 2.75) is 59.5 Å². The van der Waals surface area contributed by atoms with Gasteiger partial charge < -0.3 is 14.8 Å². The van der Waals surface area contributed by atoms with Crippen LogP contribution in [0.5, 0.6) is 5.88 Å². The van der Waals surface area contributed by atoms with Gasteiger partial charge in [-0.15, -0.1) is 0 Å². The van der Waals surface area contributed by atoms with Crippen LogP contribution in [-0.4, -0.2) is 30.2 Å². The summed E-state index contributed by atoms with van der Waals surface area (Å²) in [5.41, 5.74) is -0.169. The molecule has 1 rings (SSSR count). The van der Waals surface area contributed by atoms with Gasteiger partial charge in [-0.25, -0.2) is 4.98 Å². The number of aromatic nitrogens is 1. The molecule has 1 heterocycles. The Labute approximate surface area is 146 Å². The van der Waals surface area contributed by atoms with E-state index in [0.29, 0.717) is 42.9 Å². The van der Waals surface area contributed by atoms with Gasteiger partial charge in [0.2, 0.25) is 5.88 Å². The zero-order chi connectivity index (χ0) is 18.2. The maximum absolute atomic E-state index is 12.9. The van der Waals surface area contributed by atoms with E-state index in [1.54, 1.807) is 25.4 Å². The summed E-state index contributed by atoms with van der Waals surface area (Å²) in [7, 11) is 1.62. The van der Waals surface area contributed by atoms with Crippen molar-refractivity contribution in [3.63, 3.8) is 0 Å². The molecule has 0 spiro atoms. The van der Waals surface area contributed by atoms with E-state index in [1.165, 1.54) is 0 Å². The van der Waals surface area contributed by atoms with Crippen LogP contribution in [0, 0.1) is 11.8 Å². The van der Waals surface area contributed by atoms with Gasteiger partial charge in [-0.1, -0.05) is 34.6 Å². The molecule has 0 saturated heterocycles. The molecule has 0 unspecified atom stereocenters. The number of ether oxygens (including phenoxy) is 2. The fraction of sp³-hybridized carbons (Fsp3) is 0.684. The number of methoxy groups -OCH3 is 1. The van der Waals surface area contributed by atoms with Crippen LogP contribution in [0.4, 0.5) is 5.69 Å². The van der Waals surface area contributed by atoms with Gasteiger partial charge in [-0.3, -0.25) is 4.79 Å². The highest BCUT2D eigenvalue weighted by atomic mass is 16.5. The fourth-order valence-corrected chi connectivity index (χ4v) is 2.84. The summed E-state index contributed by atoms with van der Waals surface area (Å²) in [5.74, 6) is 1.17. The summed E-state index contributed by atoms with van der Waals surface area (Å²) < 4.78 is 11.2. The largest absolute Gasteiger partial charge is 0.478 e. The van der Waals surface area contributed by atoms with Crippen molar-refractivity contribution in [3.05, 3.63) is 18.3 Å². The van der Waals surface area contributed by atoms with Crippen molar-refractivity contribution in [2.24, 2.45) is 11.8 Å². The van der Waals surface area contributed by atoms with Crippen molar-refractivity contribution in [1.82, 2.24) is 4.98 Å². The number of rotatable bonds is 10. The van der Waals surface area contributed by atoms with Crippen LogP contribution < -0.4 is 10.1 Å². The minimum Gasteiger partial charge on any atom is -0.478 e. The standard InChI is InChI=1S/C19H32N2O3/c1-7-10-24-17-9-8-16(13-20-17)21-18(22)19(23-6,11-14(2)3)12-15(4)5/h8-9,13-15H,7,10-12H2,1-6H3,(H,21,22). The van der Waals surface area contributed by atoms with E-state index < -0.39 is 5.60 Å². The van der Waals surface area contributed by atoms with E-state index in [4.69, 9.17) is 9.47 Å². The highest BCUT2D eigenvalue weighted by Crippen LogP contribution is 2.30. The Morgan fingerprint density at radius 1 is 1.21 bits per heavy atom. The molecule has 1 aromatic heterocycles. The molecule has 0 atom stereocenters. The van der Waals surface area contributed by atoms with Gasteiger partial charge in [-0.2, -0.15) is 0 Å². The minimum absolute atomic E-state index is 0.114. The molecule has 5 heteroatoms. The number of nitrogens with zero attached hydrogens (tertiary/aromatic N) is 1. The summed E-state index contributed by atoms with van der Waals surface area (Å²) >= 11 is 0. The average Bonchev–Trinajstić information content (AvgIpc) is 2.52. The number of carbonyl (C=O) groups is 1. The van der Waals surface area contributed by atoms with E-state index in [2.05, 4.69) is 38.0 Å². The highest BCUT2D eigenvalue weighted by Gasteiger charge is 2.39. The Kier molecular flexibility index (Phi) is 8.19. The van der Waals surface area contributed by atoms with Crippen LogP contribution >= 0.6 is 0 Å². The Morgan fingerprint density at radius 3 is 2.25 bits per heavy atom. The highest BCUT2D eigenvalue weighted by molar-refractivity contribution is 5.97. The lowest BCUT2D eigenvalue weighted by molar-refractivity contribution is -0.142. The monoisotopic (exact) mass is 336 g/mol. The Bertz CT molecular complexity index is 488. The van der Waals surface area contributed by atoms with Crippen LogP contribution in [0.15, 0.2) is 18.3 Å². The van der Waals surface area contributed by atoms with Gasteiger partial charge in [0.15, 0.2) is 0 Å². The fourth-order valence-electron chi connectivity index (χ4n) is 2.84. The van der Waals surface area contributed by atoms with E-state index in [0.717, 1.165) is 6.42 Å². The number of amides is 1. The number of carbonyl (C=O) groups excluding carboxylic acids is 1. The SMILES string of the molecule is CCCOc1ccc(NC(=O)C(CC(C)C)(CC(C)C)OC)cn1. The third-order valence-corrected chi connectivity index (χ3v) is 3.73. The van der Waals surface area contributed by atoms with Crippen molar-refractivity contribution in [1.29, 1.82) is 0 Å². The first-order chi connectivity index (χ1) is 11.3. The van der Waals surface area contributed by atoms with E-state index in [1.807, 2.05) is 6.92 Å². The first kappa shape index (κ1) is 20.4. The zero-order valence-corrected chi connectivity index (χ0v) is 15.9. The lowest BCUT2D eigenvalue weighted by Gasteiger charge is -2.34. The Hall–Kier alpha value is -1.62. The molecule has 5 nitrogen and oxygen atoms in total. The zero-order valence-electron chi connectivity index (χ0n) is 15.9. The van der Waals surface area contributed by atoms with Crippen LogP contribution in [0.3, 0.4) is 0 Å². The summed E-state index contributed by atoms with van der Waals surface area (Å²) in [5, 5.41) is 2.95. The number of nitrogens with one attached hydrogen (secondary N) is 1. The Balaban J connectivity index is 2.86. The maximum atomic E-state index is 12.9. The Morgan fingerprint density at radius 2 is 1.83 bits per heavy atom. The van der Waals surface area contributed by atoms with Crippen molar-refractivity contribution in [3.8, 4) is 5.88 Å². The average molecular weight is 336 g/mol. The summed E-state index contributed by atoms with van der Waals surface area (Å²) in [6.45, 7) is 11.1. The normalized spacial score (nSPS) is 11.8. The first-order valence-electron chi connectivity index (χ1n) is 8.78. The molecule has 0 aliphatic carbocycles. The first-order valence-corrected chi connectivity index (χ1v) is 8.78. The maximum Gasteiger partial charge on any atom is 0.256 e. The molecular weight excluding hydrogens is 304 g/mol. The van der Waals surface area contributed by atoms with Crippen molar-refractivity contribution >= 4 is 11.6 Å². The lowest BCUT2D eigenvalue weighted by Crippen LogP contribution is -2.46. The topological polar surface area (TPSA) is 60.5 Å². The van der Waals surface area contributed by atoms with Crippen LogP contribution in [0.2, 0.25) is 0 Å². The molecular formula is C19H32N2O3.